The van der Waals surface area contributed by atoms with Gasteiger partial charge in [-0.15, -0.1) is 0 Å². The molecule has 0 unspecified atom stereocenters. The van der Waals surface area contributed by atoms with Crippen molar-refractivity contribution in [1.29, 1.82) is 0 Å². The third-order valence-electron chi connectivity index (χ3n) is 7.12. The highest BCUT2D eigenvalue weighted by Crippen LogP contribution is 2.40. The van der Waals surface area contributed by atoms with Gasteiger partial charge in [-0.05, 0) is 31.0 Å². The van der Waals surface area contributed by atoms with Crippen molar-refractivity contribution in [2.24, 2.45) is 0 Å². The van der Waals surface area contributed by atoms with Crippen molar-refractivity contribution in [3.05, 3.63) is 132 Å². The predicted octanol–water partition coefficient (Wildman–Crippen LogP) is 6.13. The molecule has 0 bridgehead atoms. The lowest BCUT2D eigenvalue weighted by molar-refractivity contribution is 0.0957. The molecule has 0 spiro atoms. The molecule has 7 heteroatoms. The number of carbonyl (C=O) groups is 2. The van der Waals surface area contributed by atoms with Gasteiger partial charge in [0.05, 0.1) is 17.1 Å². The van der Waals surface area contributed by atoms with E-state index in [0.29, 0.717) is 35.5 Å². The van der Waals surface area contributed by atoms with Gasteiger partial charge in [0.1, 0.15) is 5.70 Å². The minimum absolute atomic E-state index is 0.0112. The molecule has 40 heavy (non-hydrogen) atoms. The van der Waals surface area contributed by atoms with Gasteiger partial charge in [0.2, 0.25) is 5.78 Å². The lowest BCUT2D eigenvalue weighted by atomic mass is 10.0. The molecule has 4 aromatic rings. The maximum Gasteiger partial charge on any atom is 0.265 e. The van der Waals surface area contributed by atoms with E-state index < -0.39 is 28.1 Å². The van der Waals surface area contributed by atoms with Gasteiger partial charge in [-0.1, -0.05) is 103 Å². The fourth-order valence-corrected chi connectivity index (χ4v) is 6.67. The SMILES string of the molecule is CCN(CC)C1=C(C(=O)c2ccccc2)N(CC(=O)c2ccc(-c3ccccc3)cc2)S(=O)(=O)c2ccccc21. The summed E-state index contributed by atoms with van der Waals surface area (Å²) in [6.07, 6.45) is 0. The number of sulfonamides is 1. The smallest absolute Gasteiger partial charge is 0.265 e. The zero-order valence-electron chi connectivity index (χ0n) is 22.4. The van der Waals surface area contributed by atoms with E-state index in [4.69, 9.17) is 0 Å². The Kier molecular flexibility index (Phi) is 7.67. The Labute approximate surface area is 235 Å². The largest absolute Gasteiger partial charge is 0.370 e. The molecule has 202 valence electrons. The average Bonchev–Trinajstić information content (AvgIpc) is 3.00. The molecule has 4 aromatic carbocycles. The molecule has 1 aliphatic heterocycles. The highest BCUT2D eigenvalue weighted by molar-refractivity contribution is 7.89. The van der Waals surface area contributed by atoms with Crippen LogP contribution in [0.4, 0.5) is 0 Å². The molecule has 6 nitrogen and oxygen atoms in total. The third-order valence-corrected chi connectivity index (χ3v) is 8.92. The fourth-order valence-electron chi connectivity index (χ4n) is 5.04. The highest BCUT2D eigenvalue weighted by Gasteiger charge is 2.42. The van der Waals surface area contributed by atoms with Crippen LogP contribution in [0.1, 0.15) is 40.1 Å². The number of ketones is 2. The quantitative estimate of drug-likeness (QED) is 0.234. The lowest BCUT2D eigenvalue weighted by Gasteiger charge is -2.37. The van der Waals surface area contributed by atoms with Gasteiger partial charge in [0.25, 0.3) is 10.0 Å². The van der Waals surface area contributed by atoms with Crippen molar-refractivity contribution in [2.45, 2.75) is 18.7 Å². The van der Waals surface area contributed by atoms with Crippen LogP contribution in [0.3, 0.4) is 0 Å². The van der Waals surface area contributed by atoms with Gasteiger partial charge in [-0.25, -0.2) is 8.42 Å². The molecule has 5 rings (SSSR count). The zero-order chi connectivity index (χ0) is 28.3. The van der Waals surface area contributed by atoms with Crippen molar-refractivity contribution in [3.63, 3.8) is 0 Å². The summed E-state index contributed by atoms with van der Waals surface area (Å²) in [5, 5.41) is 0. The van der Waals surface area contributed by atoms with Gasteiger partial charge in [-0.3, -0.25) is 13.9 Å². The molecule has 0 fully saturated rings. The van der Waals surface area contributed by atoms with E-state index >= 15 is 0 Å². The first-order valence-electron chi connectivity index (χ1n) is 13.3. The normalized spacial score (nSPS) is 14.0. The Bertz CT molecular complexity index is 1680. The standard InChI is InChI=1S/C33H30N2O4S/c1-3-34(4-2)31-28-17-11-12-18-30(28)40(38,39)35(32(31)33(37)27-15-9-6-10-16-27)23-29(36)26-21-19-25(20-22-26)24-13-7-5-8-14-24/h5-22H,3-4,23H2,1-2H3. The molecule has 0 atom stereocenters. The molecule has 1 heterocycles. The van der Waals surface area contributed by atoms with E-state index in [9.17, 15) is 18.0 Å². The molecule has 0 radical (unpaired) electrons. The summed E-state index contributed by atoms with van der Waals surface area (Å²) in [5.41, 5.74) is 3.63. The molecule has 0 saturated carbocycles. The average molecular weight is 551 g/mol. The van der Waals surface area contributed by atoms with Gasteiger partial charge < -0.3 is 4.90 Å². The van der Waals surface area contributed by atoms with Crippen LogP contribution in [-0.4, -0.2) is 48.8 Å². The van der Waals surface area contributed by atoms with Crippen molar-refractivity contribution in [3.8, 4) is 11.1 Å². The maximum absolute atomic E-state index is 14.1. The van der Waals surface area contributed by atoms with Gasteiger partial charge in [-0.2, -0.15) is 0 Å². The van der Waals surface area contributed by atoms with Crippen molar-refractivity contribution in [2.75, 3.05) is 19.6 Å². The Hall–Kier alpha value is -4.49. The van der Waals surface area contributed by atoms with Gasteiger partial charge in [0.15, 0.2) is 5.78 Å². The van der Waals surface area contributed by atoms with E-state index in [0.717, 1.165) is 15.4 Å². The molecule has 0 amide bonds. The van der Waals surface area contributed by atoms with Crippen LogP contribution in [0.2, 0.25) is 0 Å². The Morgan fingerprint density at radius 1 is 0.675 bits per heavy atom. The first-order chi connectivity index (χ1) is 19.4. The number of rotatable bonds is 9. The van der Waals surface area contributed by atoms with Crippen LogP contribution in [0.15, 0.2) is 120 Å². The number of nitrogens with zero attached hydrogens (tertiary/aromatic N) is 2. The summed E-state index contributed by atoms with van der Waals surface area (Å²) < 4.78 is 29.1. The molecule has 0 saturated heterocycles. The monoisotopic (exact) mass is 550 g/mol. The Morgan fingerprint density at radius 3 is 1.85 bits per heavy atom. The van der Waals surface area contributed by atoms with Crippen molar-refractivity contribution in [1.82, 2.24) is 9.21 Å². The summed E-state index contributed by atoms with van der Waals surface area (Å²) in [4.78, 5) is 29.7. The summed E-state index contributed by atoms with van der Waals surface area (Å²) >= 11 is 0. The number of Topliss-reactive ketones (excluding diaryl/α,β-unsaturated/α-hetero) is 2. The van der Waals surface area contributed by atoms with Gasteiger partial charge >= 0.3 is 0 Å². The molecular formula is C33H30N2O4S. The molecular weight excluding hydrogens is 520 g/mol. The number of allylic oxidation sites excluding steroid dienone is 1. The minimum Gasteiger partial charge on any atom is -0.370 e. The lowest BCUT2D eigenvalue weighted by Crippen LogP contribution is -2.43. The summed E-state index contributed by atoms with van der Waals surface area (Å²) in [7, 11) is -4.21. The van der Waals surface area contributed by atoms with Crippen LogP contribution < -0.4 is 0 Å². The first kappa shape index (κ1) is 27.1. The summed E-state index contributed by atoms with van der Waals surface area (Å²) in [6, 6.07) is 32.1. The highest BCUT2D eigenvalue weighted by atomic mass is 32.2. The third kappa shape index (κ3) is 4.96. The molecule has 1 aliphatic rings. The van der Waals surface area contributed by atoms with Crippen molar-refractivity contribution < 1.29 is 18.0 Å². The zero-order valence-corrected chi connectivity index (χ0v) is 23.3. The van der Waals surface area contributed by atoms with E-state index in [1.165, 1.54) is 6.07 Å². The van der Waals surface area contributed by atoms with E-state index in [-0.39, 0.29) is 10.6 Å². The maximum atomic E-state index is 14.1. The Balaban J connectivity index is 1.63. The topological polar surface area (TPSA) is 74.8 Å². The van der Waals surface area contributed by atoms with Crippen LogP contribution in [0, 0.1) is 0 Å². The first-order valence-corrected chi connectivity index (χ1v) is 14.7. The second-order valence-electron chi connectivity index (χ2n) is 9.44. The molecule has 0 aliphatic carbocycles. The number of hydrogen-bond acceptors (Lipinski definition) is 5. The molecule has 0 N–H and O–H groups in total. The van der Waals surface area contributed by atoms with Crippen LogP contribution in [0.5, 0.6) is 0 Å². The van der Waals surface area contributed by atoms with Gasteiger partial charge in [0, 0.05) is 29.8 Å². The predicted molar refractivity (Wildman–Crippen MR) is 157 cm³/mol. The second kappa shape index (κ2) is 11.3. The van der Waals surface area contributed by atoms with Crippen LogP contribution in [-0.2, 0) is 10.0 Å². The summed E-state index contributed by atoms with van der Waals surface area (Å²) in [6.45, 7) is 4.51. The van der Waals surface area contributed by atoms with E-state index in [2.05, 4.69) is 0 Å². The van der Waals surface area contributed by atoms with E-state index in [1.807, 2.05) is 61.2 Å². The number of fused-ring (bicyclic) bond motifs is 1. The fraction of sp³-hybridized carbons (Fsp3) is 0.152. The van der Waals surface area contributed by atoms with Crippen molar-refractivity contribution >= 4 is 27.3 Å². The minimum atomic E-state index is -4.21. The number of hydrogen-bond donors (Lipinski definition) is 0. The summed E-state index contributed by atoms with van der Waals surface area (Å²) in [5.74, 6) is -0.854. The van der Waals surface area contributed by atoms with Crippen LogP contribution in [0.25, 0.3) is 16.8 Å². The van der Waals surface area contributed by atoms with E-state index in [1.54, 1.807) is 60.7 Å². The second-order valence-corrected chi connectivity index (χ2v) is 11.3. The number of benzene rings is 4. The Morgan fingerprint density at radius 2 is 1.23 bits per heavy atom. The van der Waals surface area contributed by atoms with Crippen LogP contribution >= 0.6 is 0 Å². The number of carbonyl (C=O) groups excluding carboxylic acids is 2. The molecule has 0 aromatic heterocycles.